The number of carbonyl (C=O) groups is 1. The Kier molecular flexibility index (Phi) is 7.19. The van der Waals surface area contributed by atoms with Gasteiger partial charge in [-0.1, -0.05) is 47.5 Å². The number of thioether (sulfide) groups is 1. The number of nitrogens with zero attached hydrogens (tertiary/aromatic N) is 1. The molecule has 1 heterocycles. The normalized spacial score (nSPS) is 13.8. The molecule has 0 saturated carbocycles. The molecule has 3 aromatic carbocycles. The number of nitrogens with one attached hydrogen (secondary N) is 1. The third kappa shape index (κ3) is 4.99. The summed E-state index contributed by atoms with van der Waals surface area (Å²) in [6.07, 6.45) is 0. The maximum atomic E-state index is 13.8. The van der Waals surface area contributed by atoms with E-state index in [1.165, 1.54) is 23.9 Å². The molecule has 0 aliphatic carbocycles. The van der Waals surface area contributed by atoms with Crippen molar-refractivity contribution >= 4 is 56.6 Å². The fourth-order valence-electron chi connectivity index (χ4n) is 3.57. The summed E-state index contributed by atoms with van der Waals surface area (Å²) in [5.41, 5.74) is 2.02. The summed E-state index contributed by atoms with van der Waals surface area (Å²) in [5.74, 6) is 0.0714. The lowest BCUT2D eigenvalue weighted by atomic mass is 10.0. The molecule has 3 aromatic rings. The summed E-state index contributed by atoms with van der Waals surface area (Å²) >= 11 is 13.6. The number of amides is 1. The second kappa shape index (κ2) is 9.93. The van der Waals surface area contributed by atoms with Crippen LogP contribution in [-0.4, -0.2) is 33.2 Å². The van der Waals surface area contributed by atoms with Gasteiger partial charge in [0.1, 0.15) is 12.4 Å². The predicted molar refractivity (Wildman–Crippen MR) is 132 cm³/mol. The Morgan fingerprint density at radius 2 is 1.82 bits per heavy atom. The minimum Gasteiger partial charge on any atom is -0.354 e. The molecule has 0 aromatic heterocycles. The van der Waals surface area contributed by atoms with E-state index in [2.05, 4.69) is 5.32 Å². The zero-order chi connectivity index (χ0) is 23.6. The van der Waals surface area contributed by atoms with E-state index in [1.807, 2.05) is 0 Å². The Labute approximate surface area is 205 Å². The zero-order valence-corrected chi connectivity index (χ0v) is 20.4. The van der Waals surface area contributed by atoms with Gasteiger partial charge in [0.2, 0.25) is 5.91 Å². The summed E-state index contributed by atoms with van der Waals surface area (Å²) in [4.78, 5) is 12.7. The number of carbonyl (C=O) groups excluding carboxylic acids is 1. The molecular formula is C23H19Cl2FN2O3S2. The number of benzene rings is 3. The van der Waals surface area contributed by atoms with Crippen LogP contribution in [0.2, 0.25) is 10.0 Å². The largest absolute Gasteiger partial charge is 0.354 e. The van der Waals surface area contributed by atoms with Crippen molar-refractivity contribution in [3.05, 3.63) is 82.1 Å². The Balaban J connectivity index is 1.42. The fourth-order valence-corrected chi connectivity index (χ4v) is 6.59. The maximum absolute atomic E-state index is 13.8. The van der Waals surface area contributed by atoms with Crippen LogP contribution >= 0.6 is 35.0 Å². The van der Waals surface area contributed by atoms with E-state index >= 15 is 0 Å². The lowest BCUT2D eigenvalue weighted by Gasteiger charge is -2.31. The molecule has 0 radical (unpaired) electrons. The van der Waals surface area contributed by atoms with Crippen molar-refractivity contribution in [1.82, 2.24) is 5.32 Å². The summed E-state index contributed by atoms with van der Waals surface area (Å²) < 4.78 is 41.4. The molecule has 4 rings (SSSR count). The monoisotopic (exact) mass is 524 g/mol. The van der Waals surface area contributed by atoms with Crippen LogP contribution in [0.25, 0.3) is 11.1 Å². The summed E-state index contributed by atoms with van der Waals surface area (Å²) in [5, 5.41) is 3.56. The number of sulfonamides is 1. The second-order valence-electron chi connectivity index (χ2n) is 7.27. The van der Waals surface area contributed by atoms with Gasteiger partial charge in [-0.25, -0.2) is 12.8 Å². The van der Waals surface area contributed by atoms with E-state index in [9.17, 15) is 17.6 Å². The first kappa shape index (κ1) is 23.9. The van der Waals surface area contributed by atoms with E-state index in [0.29, 0.717) is 50.5 Å². The molecule has 0 unspecified atom stereocenters. The zero-order valence-electron chi connectivity index (χ0n) is 17.2. The summed E-state index contributed by atoms with van der Waals surface area (Å²) in [7, 11) is -3.92. The van der Waals surface area contributed by atoms with Crippen LogP contribution in [-0.2, 0) is 20.6 Å². The highest BCUT2D eigenvalue weighted by Crippen LogP contribution is 2.43. The SMILES string of the molecule is O=C(CN1c2ccc(Cl)cc2-c2ccccc2S1(=O)=O)NCCSCc1c(F)cccc1Cl. The Hall–Kier alpha value is -2.26. The van der Waals surface area contributed by atoms with Crippen LogP contribution in [0.15, 0.2) is 65.6 Å². The van der Waals surface area contributed by atoms with Crippen LogP contribution in [0, 0.1) is 5.82 Å². The first-order valence-electron chi connectivity index (χ1n) is 9.98. The van der Waals surface area contributed by atoms with Crippen molar-refractivity contribution in [3.8, 4) is 11.1 Å². The van der Waals surface area contributed by atoms with Crippen LogP contribution in [0.1, 0.15) is 5.56 Å². The van der Waals surface area contributed by atoms with Crippen LogP contribution in [0.3, 0.4) is 0 Å². The van der Waals surface area contributed by atoms with Crippen LogP contribution < -0.4 is 9.62 Å². The maximum Gasteiger partial charge on any atom is 0.265 e. The molecule has 1 N–H and O–H groups in total. The molecule has 0 fully saturated rings. The van der Waals surface area contributed by atoms with E-state index < -0.39 is 15.9 Å². The van der Waals surface area contributed by atoms with Gasteiger partial charge in [0, 0.05) is 44.8 Å². The first-order chi connectivity index (χ1) is 15.8. The van der Waals surface area contributed by atoms with Gasteiger partial charge in [-0.05, 0) is 36.4 Å². The van der Waals surface area contributed by atoms with E-state index in [4.69, 9.17) is 23.2 Å². The van der Waals surface area contributed by atoms with Crippen molar-refractivity contribution < 1.29 is 17.6 Å². The molecule has 10 heteroatoms. The van der Waals surface area contributed by atoms with Crippen molar-refractivity contribution in [1.29, 1.82) is 0 Å². The molecule has 33 heavy (non-hydrogen) atoms. The standard InChI is InChI=1S/C23H19Cl2FN2O3S2/c24-15-8-9-21-17(12-15)16-4-1-2-7-22(16)33(30,31)28(21)13-23(29)27-10-11-32-14-18-19(25)5-3-6-20(18)26/h1-9,12H,10-11,13-14H2,(H,27,29). The van der Waals surface area contributed by atoms with Gasteiger partial charge in [-0.15, -0.1) is 0 Å². The predicted octanol–water partition coefficient (Wildman–Crippen LogP) is 5.36. The lowest BCUT2D eigenvalue weighted by molar-refractivity contribution is -0.119. The van der Waals surface area contributed by atoms with Gasteiger partial charge >= 0.3 is 0 Å². The van der Waals surface area contributed by atoms with Crippen LogP contribution in [0.5, 0.6) is 0 Å². The average molecular weight is 525 g/mol. The number of hydrogen-bond acceptors (Lipinski definition) is 4. The van der Waals surface area contributed by atoms with Gasteiger partial charge in [0.05, 0.1) is 10.6 Å². The van der Waals surface area contributed by atoms with Crippen molar-refractivity contribution in [3.63, 3.8) is 0 Å². The molecule has 0 spiro atoms. The van der Waals surface area contributed by atoms with E-state index in [1.54, 1.807) is 48.5 Å². The van der Waals surface area contributed by atoms with Gasteiger partial charge in [0.15, 0.2) is 0 Å². The highest BCUT2D eigenvalue weighted by atomic mass is 35.5. The number of rotatable bonds is 7. The van der Waals surface area contributed by atoms with Gasteiger partial charge < -0.3 is 5.32 Å². The molecule has 1 aliphatic rings. The number of hydrogen-bond donors (Lipinski definition) is 1. The number of anilines is 1. The van der Waals surface area contributed by atoms with Crippen molar-refractivity contribution in [2.75, 3.05) is 23.1 Å². The summed E-state index contributed by atoms with van der Waals surface area (Å²) in [6, 6.07) is 16.1. The third-order valence-electron chi connectivity index (χ3n) is 5.14. The van der Waals surface area contributed by atoms with Crippen LogP contribution in [0.4, 0.5) is 10.1 Å². The highest BCUT2D eigenvalue weighted by Gasteiger charge is 2.35. The molecule has 0 saturated heterocycles. The highest BCUT2D eigenvalue weighted by molar-refractivity contribution is 7.98. The van der Waals surface area contributed by atoms with Gasteiger partial charge in [-0.3, -0.25) is 9.10 Å². The smallest absolute Gasteiger partial charge is 0.265 e. The quantitative estimate of drug-likeness (QED) is 0.422. The molecule has 1 aliphatic heterocycles. The van der Waals surface area contributed by atoms with E-state index in [-0.39, 0.29) is 17.3 Å². The lowest BCUT2D eigenvalue weighted by Crippen LogP contribution is -2.43. The Bertz CT molecular complexity index is 1300. The third-order valence-corrected chi connectivity index (χ3v) is 8.53. The van der Waals surface area contributed by atoms with Crippen molar-refractivity contribution in [2.24, 2.45) is 0 Å². The topological polar surface area (TPSA) is 66.5 Å². The summed E-state index contributed by atoms with van der Waals surface area (Å²) in [6.45, 7) is -0.0668. The fraction of sp³-hybridized carbons (Fsp3) is 0.174. The van der Waals surface area contributed by atoms with Crippen molar-refractivity contribution in [2.45, 2.75) is 10.6 Å². The number of fused-ring (bicyclic) bond motifs is 3. The molecule has 0 atom stereocenters. The second-order valence-corrected chi connectivity index (χ2v) is 11.1. The van der Waals surface area contributed by atoms with E-state index in [0.717, 1.165) is 4.31 Å². The number of halogens is 3. The Morgan fingerprint density at radius 1 is 1.03 bits per heavy atom. The van der Waals surface area contributed by atoms with Gasteiger partial charge in [0.25, 0.3) is 10.0 Å². The molecule has 1 amide bonds. The minimum absolute atomic E-state index is 0.130. The molecule has 5 nitrogen and oxygen atoms in total. The first-order valence-corrected chi connectivity index (χ1v) is 13.3. The molecule has 172 valence electrons. The Morgan fingerprint density at radius 3 is 2.61 bits per heavy atom. The average Bonchev–Trinajstić information content (AvgIpc) is 2.78. The molecular weight excluding hydrogens is 506 g/mol. The minimum atomic E-state index is -3.92. The molecule has 0 bridgehead atoms. The van der Waals surface area contributed by atoms with Gasteiger partial charge in [-0.2, -0.15) is 11.8 Å².